The van der Waals surface area contributed by atoms with Gasteiger partial charge in [-0.1, -0.05) is 42.0 Å². The maximum atomic E-state index is 6.29. The summed E-state index contributed by atoms with van der Waals surface area (Å²) in [6, 6.07) is 16.5. The summed E-state index contributed by atoms with van der Waals surface area (Å²) in [4.78, 5) is 0. The molecular formula is C17H19NO. The maximum Gasteiger partial charge on any atom is 0.119 e. The first-order chi connectivity index (χ1) is 9.22. The molecule has 1 unspecified atom stereocenters. The van der Waals surface area contributed by atoms with Gasteiger partial charge in [0.25, 0.3) is 0 Å². The summed E-state index contributed by atoms with van der Waals surface area (Å²) in [5, 5.41) is 0. The van der Waals surface area contributed by atoms with Gasteiger partial charge >= 0.3 is 0 Å². The van der Waals surface area contributed by atoms with Crippen LogP contribution in [-0.2, 0) is 0 Å². The lowest BCUT2D eigenvalue weighted by Crippen LogP contribution is -2.11. The molecule has 1 saturated carbocycles. The fourth-order valence-corrected chi connectivity index (χ4v) is 2.10. The topological polar surface area (TPSA) is 35.2 Å². The van der Waals surface area contributed by atoms with Crippen LogP contribution in [0, 0.1) is 6.92 Å². The molecule has 0 bridgehead atoms. The Morgan fingerprint density at radius 1 is 0.947 bits per heavy atom. The van der Waals surface area contributed by atoms with Crippen LogP contribution in [0.4, 0.5) is 0 Å². The van der Waals surface area contributed by atoms with Crippen LogP contribution < -0.4 is 10.5 Å². The average molecular weight is 253 g/mol. The van der Waals surface area contributed by atoms with Gasteiger partial charge in [-0.15, -0.1) is 0 Å². The Morgan fingerprint density at radius 2 is 1.47 bits per heavy atom. The van der Waals surface area contributed by atoms with Crippen LogP contribution >= 0.6 is 0 Å². The van der Waals surface area contributed by atoms with E-state index < -0.39 is 0 Å². The van der Waals surface area contributed by atoms with Gasteiger partial charge in [-0.25, -0.2) is 0 Å². The minimum Gasteiger partial charge on any atom is -0.490 e. The van der Waals surface area contributed by atoms with Crippen LogP contribution in [0.25, 0.3) is 0 Å². The predicted molar refractivity (Wildman–Crippen MR) is 77.3 cm³/mol. The van der Waals surface area contributed by atoms with Crippen molar-refractivity contribution in [1.29, 1.82) is 0 Å². The second-order valence-electron chi connectivity index (χ2n) is 5.27. The van der Waals surface area contributed by atoms with E-state index in [9.17, 15) is 0 Å². The van der Waals surface area contributed by atoms with Crippen molar-refractivity contribution in [3.8, 4) is 5.75 Å². The third-order valence-electron chi connectivity index (χ3n) is 3.50. The second kappa shape index (κ2) is 5.06. The van der Waals surface area contributed by atoms with Crippen molar-refractivity contribution >= 4 is 0 Å². The Kier molecular flexibility index (Phi) is 3.26. The average Bonchev–Trinajstić information content (AvgIpc) is 3.24. The van der Waals surface area contributed by atoms with Crippen LogP contribution in [-0.4, -0.2) is 6.10 Å². The van der Waals surface area contributed by atoms with Gasteiger partial charge in [0, 0.05) is 0 Å². The summed E-state index contributed by atoms with van der Waals surface area (Å²) in [6.45, 7) is 2.08. The molecule has 0 amide bonds. The van der Waals surface area contributed by atoms with E-state index in [0.717, 1.165) is 16.9 Å². The van der Waals surface area contributed by atoms with Crippen LogP contribution in [0.2, 0.25) is 0 Å². The van der Waals surface area contributed by atoms with Gasteiger partial charge in [-0.3, -0.25) is 0 Å². The molecule has 0 spiro atoms. The summed E-state index contributed by atoms with van der Waals surface area (Å²) in [5.74, 6) is 0.947. The lowest BCUT2D eigenvalue weighted by molar-refractivity contribution is 0.303. The normalized spacial score (nSPS) is 16.1. The third kappa shape index (κ3) is 2.96. The number of hydrogen-bond donors (Lipinski definition) is 1. The Morgan fingerprint density at radius 3 is 2.00 bits per heavy atom. The molecule has 1 aliphatic carbocycles. The van der Waals surface area contributed by atoms with Crippen molar-refractivity contribution in [2.45, 2.75) is 31.9 Å². The first kappa shape index (κ1) is 12.2. The van der Waals surface area contributed by atoms with Crippen molar-refractivity contribution in [1.82, 2.24) is 0 Å². The number of hydrogen-bond acceptors (Lipinski definition) is 2. The van der Waals surface area contributed by atoms with Gasteiger partial charge < -0.3 is 10.5 Å². The van der Waals surface area contributed by atoms with E-state index in [4.69, 9.17) is 10.5 Å². The zero-order chi connectivity index (χ0) is 13.2. The van der Waals surface area contributed by atoms with Crippen molar-refractivity contribution in [2.24, 2.45) is 5.73 Å². The van der Waals surface area contributed by atoms with Crippen LogP contribution in [0.3, 0.4) is 0 Å². The zero-order valence-corrected chi connectivity index (χ0v) is 11.2. The second-order valence-corrected chi connectivity index (χ2v) is 5.27. The molecule has 1 atom stereocenters. The van der Waals surface area contributed by atoms with Gasteiger partial charge in [0.2, 0.25) is 0 Å². The standard InChI is InChI=1S/C17H19NO/c1-12-2-4-13(5-3-12)17(18)14-6-8-15(9-7-14)19-16-10-11-16/h2-9,16-17H,10-11,18H2,1H3. The van der Waals surface area contributed by atoms with Gasteiger partial charge in [0.05, 0.1) is 12.1 Å². The smallest absolute Gasteiger partial charge is 0.119 e. The molecule has 2 aromatic rings. The number of nitrogens with two attached hydrogens (primary N) is 1. The summed E-state index contributed by atoms with van der Waals surface area (Å²) in [6.07, 6.45) is 2.81. The molecule has 0 aromatic heterocycles. The fourth-order valence-electron chi connectivity index (χ4n) is 2.10. The van der Waals surface area contributed by atoms with Crippen molar-refractivity contribution in [3.05, 3.63) is 65.2 Å². The van der Waals surface area contributed by atoms with Crippen molar-refractivity contribution < 1.29 is 4.74 Å². The molecule has 1 aliphatic rings. The molecule has 0 aliphatic heterocycles. The van der Waals surface area contributed by atoms with E-state index in [-0.39, 0.29) is 6.04 Å². The van der Waals surface area contributed by atoms with Crippen LogP contribution in [0.5, 0.6) is 5.75 Å². The predicted octanol–water partition coefficient (Wildman–Crippen LogP) is 3.58. The van der Waals surface area contributed by atoms with E-state index in [0.29, 0.717) is 6.10 Å². The van der Waals surface area contributed by atoms with E-state index >= 15 is 0 Å². The minimum absolute atomic E-state index is 0.0735. The van der Waals surface area contributed by atoms with Gasteiger partial charge in [0.15, 0.2) is 0 Å². The highest BCUT2D eigenvalue weighted by atomic mass is 16.5. The Labute approximate surface area is 114 Å². The molecule has 3 rings (SSSR count). The van der Waals surface area contributed by atoms with Gasteiger partial charge in [-0.2, -0.15) is 0 Å². The lowest BCUT2D eigenvalue weighted by atomic mass is 9.99. The highest BCUT2D eigenvalue weighted by Gasteiger charge is 2.23. The molecule has 0 saturated heterocycles. The molecule has 0 radical (unpaired) electrons. The van der Waals surface area contributed by atoms with E-state index in [1.807, 2.05) is 12.1 Å². The van der Waals surface area contributed by atoms with Crippen molar-refractivity contribution in [3.63, 3.8) is 0 Å². The SMILES string of the molecule is Cc1ccc(C(N)c2ccc(OC3CC3)cc2)cc1. The molecule has 2 aromatic carbocycles. The van der Waals surface area contributed by atoms with Gasteiger partial charge in [0.1, 0.15) is 5.75 Å². The number of rotatable bonds is 4. The first-order valence-corrected chi connectivity index (χ1v) is 6.81. The monoisotopic (exact) mass is 253 g/mol. The van der Waals surface area contributed by atoms with E-state index in [1.54, 1.807) is 0 Å². The number of benzene rings is 2. The summed E-state index contributed by atoms with van der Waals surface area (Å²) < 4.78 is 5.74. The van der Waals surface area contributed by atoms with E-state index in [2.05, 4.69) is 43.3 Å². The maximum absolute atomic E-state index is 6.29. The quantitative estimate of drug-likeness (QED) is 0.903. The molecule has 2 nitrogen and oxygen atoms in total. The third-order valence-corrected chi connectivity index (χ3v) is 3.50. The van der Waals surface area contributed by atoms with Crippen LogP contribution in [0.1, 0.15) is 35.6 Å². The molecular weight excluding hydrogens is 234 g/mol. The highest BCUT2D eigenvalue weighted by molar-refractivity contribution is 5.36. The Bertz CT molecular complexity index is 540. The lowest BCUT2D eigenvalue weighted by Gasteiger charge is -2.13. The largest absolute Gasteiger partial charge is 0.490 e. The zero-order valence-electron chi connectivity index (χ0n) is 11.2. The Hall–Kier alpha value is -1.80. The first-order valence-electron chi connectivity index (χ1n) is 6.81. The summed E-state index contributed by atoms with van der Waals surface area (Å²) in [7, 11) is 0. The molecule has 1 fully saturated rings. The minimum atomic E-state index is -0.0735. The van der Waals surface area contributed by atoms with E-state index in [1.165, 1.54) is 18.4 Å². The number of aryl methyl sites for hydroxylation is 1. The molecule has 0 heterocycles. The van der Waals surface area contributed by atoms with Gasteiger partial charge in [-0.05, 0) is 43.0 Å². The molecule has 19 heavy (non-hydrogen) atoms. The highest BCUT2D eigenvalue weighted by Crippen LogP contribution is 2.28. The number of ether oxygens (including phenoxy) is 1. The summed E-state index contributed by atoms with van der Waals surface area (Å²) >= 11 is 0. The van der Waals surface area contributed by atoms with Crippen molar-refractivity contribution in [2.75, 3.05) is 0 Å². The molecule has 2 heteroatoms. The Balaban J connectivity index is 1.75. The fraction of sp³-hybridized carbons (Fsp3) is 0.294. The molecule has 2 N–H and O–H groups in total. The van der Waals surface area contributed by atoms with Crippen LogP contribution in [0.15, 0.2) is 48.5 Å². The summed E-state index contributed by atoms with van der Waals surface area (Å²) in [5.41, 5.74) is 9.80. The molecule has 98 valence electrons.